The lowest BCUT2D eigenvalue weighted by Crippen LogP contribution is -2.05. The SMILES string of the molecule is CCCCCc1sccc1C(C)Cn1ccnc1. The number of hydrogen-bond acceptors (Lipinski definition) is 2. The average molecular weight is 262 g/mol. The van der Waals surface area contributed by atoms with Crippen molar-refractivity contribution in [3.8, 4) is 0 Å². The zero-order chi connectivity index (χ0) is 12.8. The molecule has 0 aliphatic carbocycles. The molecule has 0 N–H and O–H groups in total. The fourth-order valence-electron chi connectivity index (χ4n) is 2.34. The summed E-state index contributed by atoms with van der Waals surface area (Å²) in [6.07, 6.45) is 11.0. The van der Waals surface area contributed by atoms with Gasteiger partial charge in [0, 0.05) is 29.7 Å². The van der Waals surface area contributed by atoms with Gasteiger partial charge in [0.1, 0.15) is 0 Å². The van der Waals surface area contributed by atoms with Crippen molar-refractivity contribution >= 4 is 11.3 Å². The van der Waals surface area contributed by atoms with Gasteiger partial charge < -0.3 is 4.57 Å². The molecule has 18 heavy (non-hydrogen) atoms. The number of aromatic nitrogens is 2. The monoisotopic (exact) mass is 262 g/mol. The standard InChI is InChI=1S/C15H22N2S/c1-3-4-5-6-15-14(7-10-18-15)13(2)11-17-9-8-16-12-17/h7-10,12-13H,3-6,11H2,1-2H3. The summed E-state index contributed by atoms with van der Waals surface area (Å²) in [6.45, 7) is 5.60. The van der Waals surface area contributed by atoms with Crippen LogP contribution in [0.25, 0.3) is 0 Å². The van der Waals surface area contributed by atoms with Gasteiger partial charge in [-0.25, -0.2) is 4.98 Å². The molecule has 98 valence electrons. The summed E-state index contributed by atoms with van der Waals surface area (Å²) >= 11 is 1.92. The minimum atomic E-state index is 0.571. The maximum absolute atomic E-state index is 4.11. The Morgan fingerprint density at radius 1 is 1.39 bits per heavy atom. The van der Waals surface area contributed by atoms with Crippen LogP contribution in [0.5, 0.6) is 0 Å². The highest BCUT2D eigenvalue weighted by Gasteiger charge is 2.12. The predicted molar refractivity (Wildman–Crippen MR) is 78.2 cm³/mol. The zero-order valence-electron chi connectivity index (χ0n) is 11.3. The highest BCUT2D eigenvalue weighted by Crippen LogP contribution is 2.27. The smallest absolute Gasteiger partial charge is 0.0946 e. The topological polar surface area (TPSA) is 17.8 Å². The van der Waals surface area contributed by atoms with Crippen molar-refractivity contribution in [1.29, 1.82) is 0 Å². The van der Waals surface area contributed by atoms with Crippen LogP contribution in [0.4, 0.5) is 0 Å². The number of thiophene rings is 1. The van der Waals surface area contributed by atoms with Crippen molar-refractivity contribution in [3.63, 3.8) is 0 Å². The van der Waals surface area contributed by atoms with Crippen molar-refractivity contribution in [2.24, 2.45) is 0 Å². The van der Waals surface area contributed by atoms with E-state index in [0.717, 1.165) is 6.54 Å². The van der Waals surface area contributed by atoms with Crippen molar-refractivity contribution in [2.45, 2.75) is 52.0 Å². The largest absolute Gasteiger partial charge is 0.337 e. The molecule has 0 aromatic carbocycles. The lowest BCUT2D eigenvalue weighted by Gasteiger charge is -2.13. The van der Waals surface area contributed by atoms with Gasteiger partial charge in [0.2, 0.25) is 0 Å². The number of hydrogen-bond donors (Lipinski definition) is 0. The van der Waals surface area contributed by atoms with Gasteiger partial charge in [0.25, 0.3) is 0 Å². The summed E-state index contributed by atoms with van der Waals surface area (Å²) < 4.78 is 2.16. The van der Waals surface area contributed by atoms with Crippen LogP contribution in [0.2, 0.25) is 0 Å². The Kier molecular flexibility index (Phi) is 5.00. The van der Waals surface area contributed by atoms with E-state index < -0.39 is 0 Å². The van der Waals surface area contributed by atoms with Crippen LogP contribution in [0, 0.1) is 0 Å². The first-order valence-electron chi connectivity index (χ1n) is 6.83. The lowest BCUT2D eigenvalue weighted by molar-refractivity contribution is 0.592. The van der Waals surface area contributed by atoms with Gasteiger partial charge in [0.15, 0.2) is 0 Å². The molecule has 2 aromatic heterocycles. The molecule has 0 aliphatic heterocycles. The Bertz CT molecular complexity index is 445. The highest BCUT2D eigenvalue weighted by molar-refractivity contribution is 7.10. The molecule has 1 atom stereocenters. The molecule has 1 unspecified atom stereocenters. The van der Waals surface area contributed by atoms with Crippen LogP contribution in [0.1, 0.15) is 49.5 Å². The second-order valence-electron chi connectivity index (χ2n) is 4.92. The van der Waals surface area contributed by atoms with Gasteiger partial charge >= 0.3 is 0 Å². The Morgan fingerprint density at radius 2 is 2.28 bits per heavy atom. The summed E-state index contributed by atoms with van der Waals surface area (Å²) in [6, 6.07) is 2.30. The van der Waals surface area contributed by atoms with E-state index in [0.29, 0.717) is 5.92 Å². The molecule has 0 bridgehead atoms. The van der Waals surface area contributed by atoms with Crippen LogP contribution in [-0.4, -0.2) is 9.55 Å². The summed E-state index contributed by atoms with van der Waals surface area (Å²) in [4.78, 5) is 5.68. The third-order valence-corrected chi connectivity index (χ3v) is 4.36. The van der Waals surface area contributed by atoms with Crippen LogP contribution < -0.4 is 0 Å². The van der Waals surface area contributed by atoms with Crippen molar-refractivity contribution in [3.05, 3.63) is 40.6 Å². The lowest BCUT2D eigenvalue weighted by atomic mass is 9.99. The quantitative estimate of drug-likeness (QED) is 0.673. The number of aryl methyl sites for hydroxylation is 1. The zero-order valence-corrected chi connectivity index (χ0v) is 12.1. The Labute approximate surface area is 114 Å². The second kappa shape index (κ2) is 6.74. The molecule has 0 saturated heterocycles. The number of nitrogens with zero attached hydrogens (tertiary/aromatic N) is 2. The molecule has 2 rings (SSSR count). The third kappa shape index (κ3) is 3.45. The van der Waals surface area contributed by atoms with E-state index in [1.54, 1.807) is 4.88 Å². The van der Waals surface area contributed by atoms with Gasteiger partial charge in [-0.05, 0) is 29.9 Å². The molecule has 0 saturated carbocycles. The summed E-state index contributed by atoms with van der Waals surface area (Å²) in [5.41, 5.74) is 1.53. The molecule has 2 aromatic rings. The molecular weight excluding hydrogens is 240 g/mol. The fourth-order valence-corrected chi connectivity index (χ4v) is 3.38. The van der Waals surface area contributed by atoms with E-state index in [1.165, 1.54) is 31.2 Å². The van der Waals surface area contributed by atoms with Gasteiger partial charge in [0.05, 0.1) is 6.33 Å². The molecule has 0 fully saturated rings. The van der Waals surface area contributed by atoms with Crippen LogP contribution in [0.3, 0.4) is 0 Å². The first kappa shape index (κ1) is 13.3. The van der Waals surface area contributed by atoms with E-state index in [1.807, 2.05) is 30.1 Å². The van der Waals surface area contributed by atoms with Crippen molar-refractivity contribution < 1.29 is 0 Å². The molecule has 0 radical (unpaired) electrons. The predicted octanol–water partition coefficient (Wildman–Crippen LogP) is 4.48. The second-order valence-corrected chi connectivity index (χ2v) is 5.92. The van der Waals surface area contributed by atoms with E-state index in [2.05, 4.69) is 34.8 Å². The van der Waals surface area contributed by atoms with E-state index in [9.17, 15) is 0 Å². The molecule has 0 aliphatic rings. The van der Waals surface area contributed by atoms with E-state index in [4.69, 9.17) is 0 Å². The number of imidazole rings is 1. The average Bonchev–Trinajstić information content (AvgIpc) is 3.00. The van der Waals surface area contributed by atoms with Crippen molar-refractivity contribution in [1.82, 2.24) is 9.55 Å². The third-order valence-electron chi connectivity index (χ3n) is 3.36. The summed E-state index contributed by atoms with van der Waals surface area (Å²) in [7, 11) is 0. The number of unbranched alkanes of at least 4 members (excludes halogenated alkanes) is 2. The highest BCUT2D eigenvalue weighted by atomic mass is 32.1. The maximum atomic E-state index is 4.11. The van der Waals surface area contributed by atoms with Crippen LogP contribution in [0.15, 0.2) is 30.2 Å². The van der Waals surface area contributed by atoms with Gasteiger partial charge in [-0.1, -0.05) is 26.7 Å². The van der Waals surface area contributed by atoms with Gasteiger partial charge in [-0.2, -0.15) is 0 Å². The Hall–Kier alpha value is -1.09. The molecular formula is C15H22N2S. The molecule has 0 spiro atoms. The van der Waals surface area contributed by atoms with Gasteiger partial charge in [-0.3, -0.25) is 0 Å². The Morgan fingerprint density at radius 3 is 3.00 bits per heavy atom. The fraction of sp³-hybridized carbons (Fsp3) is 0.533. The molecule has 2 heterocycles. The molecule has 3 heteroatoms. The van der Waals surface area contributed by atoms with Crippen LogP contribution in [-0.2, 0) is 13.0 Å². The van der Waals surface area contributed by atoms with E-state index >= 15 is 0 Å². The molecule has 0 amide bonds. The van der Waals surface area contributed by atoms with Gasteiger partial charge in [-0.15, -0.1) is 11.3 Å². The Balaban J connectivity index is 1.97. The minimum Gasteiger partial charge on any atom is -0.337 e. The number of rotatable bonds is 7. The summed E-state index contributed by atoms with van der Waals surface area (Å²) in [5.74, 6) is 0.571. The molecule has 2 nitrogen and oxygen atoms in total. The first-order valence-corrected chi connectivity index (χ1v) is 7.71. The summed E-state index contributed by atoms with van der Waals surface area (Å²) in [5, 5.41) is 2.24. The van der Waals surface area contributed by atoms with E-state index in [-0.39, 0.29) is 0 Å². The minimum absolute atomic E-state index is 0.571. The normalized spacial score (nSPS) is 12.8. The first-order chi connectivity index (χ1) is 8.81. The van der Waals surface area contributed by atoms with Crippen LogP contribution >= 0.6 is 11.3 Å². The van der Waals surface area contributed by atoms with Crippen molar-refractivity contribution in [2.75, 3.05) is 0 Å². The maximum Gasteiger partial charge on any atom is 0.0946 e.